The molecule has 0 bridgehead atoms. The van der Waals surface area contributed by atoms with Crippen molar-refractivity contribution in [2.75, 3.05) is 30.3 Å². The average Bonchev–Trinajstić information content (AvgIpc) is 3.46. The molecule has 0 saturated carbocycles. The van der Waals surface area contributed by atoms with Gasteiger partial charge in [0.15, 0.2) is 0 Å². The Balaban J connectivity index is 1.52. The maximum atomic E-state index is 15.8. The summed E-state index contributed by atoms with van der Waals surface area (Å²) < 4.78 is 83.1. The number of aromatic amines is 1. The smallest absolute Gasteiger partial charge is 0.417 e. The number of carbonyl (C=O) groups excluding carboxylic acids is 1. The zero-order valence-corrected chi connectivity index (χ0v) is 28.0. The summed E-state index contributed by atoms with van der Waals surface area (Å²) in [5.74, 6) is -2.28. The van der Waals surface area contributed by atoms with E-state index in [1.165, 1.54) is 23.0 Å². The van der Waals surface area contributed by atoms with Crippen molar-refractivity contribution in [1.82, 2.24) is 24.4 Å². The molecule has 1 saturated heterocycles. The number of piperazine rings is 1. The molecule has 5 heterocycles. The lowest BCUT2D eigenvalue weighted by Gasteiger charge is -2.45. The normalized spacial score (nSPS) is 19.3. The van der Waals surface area contributed by atoms with Gasteiger partial charge in [-0.2, -0.15) is 18.2 Å². The molecule has 260 valence electrons. The molecule has 3 atom stereocenters. The number of carbonyl (C=O) groups is 1. The molecule has 3 aromatic heterocycles. The van der Waals surface area contributed by atoms with Crippen molar-refractivity contribution >= 4 is 55.9 Å². The fraction of sp³-hybridized carbons (Fsp3) is 0.303. The number of nitrogens with zero attached hydrogens (tertiary/aromatic N) is 5. The van der Waals surface area contributed by atoms with E-state index in [-0.39, 0.29) is 57.7 Å². The summed E-state index contributed by atoms with van der Waals surface area (Å²) in [6.07, 6.45) is -0.851. The Labute approximate surface area is 288 Å². The Morgan fingerprint density at radius 1 is 1.10 bits per heavy atom. The minimum Gasteiger partial charge on any atom is -0.491 e. The van der Waals surface area contributed by atoms with Crippen LogP contribution < -0.4 is 20.2 Å². The van der Waals surface area contributed by atoms with E-state index in [9.17, 15) is 18.8 Å². The van der Waals surface area contributed by atoms with Gasteiger partial charge in [0.05, 0.1) is 27.3 Å². The molecule has 5 aromatic rings. The number of rotatable bonds is 6. The van der Waals surface area contributed by atoms with Gasteiger partial charge in [-0.05, 0) is 38.1 Å². The van der Waals surface area contributed by atoms with Crippen molar-refractivity contribution in [3.63, 3.8) is 0 Å². The van der Waals surface area contributed by atoms with Gasteiger partial charge in [0.1, 0.15) is 29.8 Å². The van der Waals surface area contributed by atoms with Gasteiger partial charge in [-0.25, -0.2) is 13.6 Å². The number of ether oxygens (including phenoxy) is 1. The molecule has 2 aromatic carbocycles. The number of pyridine rings is 1. The molecule has 2 aliphatic heterocycles. The van der Waals surface area contributed by atoms with Gasteiger partial charge >= 0.3 is 16.7 Å². The van der Waals surface area contributed by atoms with Crippen LogP contribution in [0.15, 0.2) is 63.8 Å². The lowest BCUT2D eigenvalue weighted by atomic mass is 9.94. The maximum absolute atomic E-state index is 15.8. The fourth-order valence-electron chi connectivity index (χ4n) is 6.87. The number of anilines is 1. The molecule has 10 nitrogen and oxygen atoms in total. The molecule has 0 aliphatic carbocycles. The molecule has 0 unspecified atom stereocenters. The number of thiazole rings is 1. The van der Waals surface area contributed by atoms with Crippen LogP contribution in [-0.4, -0.2) is 67.9 Å². The highest BCUT2D eigenvalue weighted by Crippen LogP contribution is 2.51. The highest BCUT2D eigenvalue weighted by molar-refractivity contribution is 7.99. The van der Waals surface area contributed by atoms with Crippen molar-refractivity contribution in [1.29, 1.82) is 0 Å². The number of hydrogen-bond donors (Lipinski definition) is 1. The molecule has 1 fully saturated rings. The molecule has 17 heteroatoms. The first-order chi connectivity index (χ1) is 23.8. The SMILES string of the molecule is C=CC(=O)N1[C@H](C)CN(c2nc(=O)n3c4c(c(-c5c(F)cc(F)c6sc(=O)[nH]c56)c(C(F)(F)F)cc24)SC[C@@H]3COc2ccncc2)C[C@@H]1C. The Morgan fingerprint density at radius 3 is 2.46 bits per heavy atom. The Morgan fingerprint density at radius 2 is 1.80 bits per heavy atom. The molecule has 50 heavy (non-hydrogen) atoms. The number of benzene rings is 2. The van der Waals surface area contributed by atoms with E-state index in [2.05, 4.69) is 21.5 Å². The lowest BCUT2D eigenvalue weighted by molar-refractivity contribution is -0.137. The number of alkyl halides is 3. The van der Waals surface area contributed by atoms with E-state index in [4.69, 9.17) is 4.74 Å². The van der Waals surface area contributed by atoms with Crippen LogP contribution in [0.2, 0.25) is 0 Å². The minimum absolute atomic E-state index is 0.0303. The van der Waals surface area contributed by atoms with E-state index in [0.29, 0.717) is 23.2 Å². The molecular formula is C33H27F5N6O4S2. The van der Waals surface area contributed by atoms with E-state index in [0.717, 1.165) is 17.8 Å². The number of hydrogen-bond acceptors (Lipinski definition) is 9. The van der Waals surface area contributed by atoms with Gasteiger partial charge in [-0.3, -0.25) is 19.1 Å². The van der Waals surface area contributed by atoms with Crippen molar-refractivity contribution in [3.05, 3.63) is 86.7 Å². The van der Waals surface area contributed by atoms with Gasteiger partial charge < -0.3 is 19.5 Å². The number of fused-ring (bicyclic) bond motifs is 1. The molecule has 1 N–H and O–H groups in total. The van der Waals surface area contributed by atoms with E-state index >= 15 is 17.6 Å². The highest BCUT2D eigenvalue weighted by atomic mass is 32.2. The monoisotopic (exact) mass is 730 g/mol. The number of H-pyrrole nitrogens is 1. The first-order valence-corrected chi connectivity index (χ1v) is 17.2. The predicted octanol–water partition coefficient (Wildman–Crippen LogP) is 6.00. The number of thioether (sulfide) groups is 1. The van der Waals surface area contributed by atoms with Crippen molar-refractivity contribution in [2.45, 2.75) is 43.0 Å². The number of aromatic nitrogens is 4. The van der Waals surface area contributed by atoms with E-state index < -0.39 is 68.7 Å². The van der Waals surface area contributed by atoms with Gasteiger partial charge in [-0.1, -0.05) is 17.9 Å². The van der Waals surface area contributed by atoms with Gasteiger partial charge in [0, 0.05) is 70.8 Å². The Kier molecular flexibility index (Phi) is 8.45. The molecule has 0 radical (unpaired) electrons. The van der Waals surface area contributed by atoms with Crippen LogP contribution >= 0.6 is 23.1 Å². The Bertz CT molecular complexity index is 2300. The lowest BCUT2D eigenvalue weighted by Crippen LogP contribution is -2.58. The van der Waals surface area contributed by atoms with Crippen LogP contribution in [0, 0.1) is 11.6 Å². The predicted molar refractivity (Wildman–Crippen MR) is 180 cm³/mol. The van der Waals surface area contributed by atoms with E-state index in [1.807, 2.05) is 0 Å². The van der Waals surface area contributed by atoms with Crippen LogP contribution in [0.4, 0.5) is 27.8 Å². The zero-order valence-electron chi connectivity index (χ0n) is 26.4. The third-order valence-corrected chi connectivity index (χ3v) is 11.0. The summed E-state index contributed by atoms with van der Waals surface area (Å²) in [7, 11) is 0. The van der Waals surface area contributed by atoms with Crippen molar-refractivity contribution in [2.24, 2.45) is 0 Å². The quantitative estimate of drug-likeness (QED) is 0.168. The highest BCUT2D eigenvalue weighted by Gasteiger charge is 2.42. The summed E-state index contributed by atoms with van der Waals surface area (Å²) in [4.78, 5) is 52.0. The second-order valence-electron chi connectivity index (χ2n) is 12.1. The molecule has 7 rings (SSSR count). The number of halogens is 5. The topological polar surface area (TPSA) is 113 Å². The molecule has 1 amide bonds. The van der Waals surface area contributed by atoms with Crippen LogP contribution in [0.25, 0.3) is 32.2 Å². The fourth-order valence-corrected chi connectivity index (χ4v) is 8.93. The first kappa shape index (κ1) is 33.7. The van der Waals surface area contributed by atoms with Crippen LogP contribution in [0.1, 0.15) is 25.5 Å². The average molecular weight is 731 g/mol. The number of amides is 1. The minimum atomic E-state index is -5.07. The third-order valence-electron chi connectivity index (χ3n) is 8.83. The standard InChI is InChI=1S/C33H27F5N6O4S2/c1-4-23(45)43-15(2)11-42(12-16(43)3)30-19-9-20(33(36,37)38)24(25-21(34)10-22(35)28-26(25)40-32(47)50-28)29-27(19)44(31(46)41-30)17(14-49-29)13-48-18-5-7-39-8-6-18/h4-10,15-17H,1,11-14H2,2-3H3,(H,40,47)/t15-,16+,17-/m0/s1. The van der Waals surface area contributed by atoms with Crippen LogP contribution in [0.5, 0.6) is 5.75 Å². The van der Waals surface area contributed by atoms with Gasteiger partial charge in [-0.15, -0.1) is 11.8 Å². The van der Waals surface area contributed by atoms with Gasteiger partial charge in [0.25, 0.3) is 0 Å². The van der Waals surface area contributed by atoms with Crippen molar-refractivity contribution < 1.29 is 31.5 Å². The van der Waals surface area contributed by atoms with Crippen molar-refractivity contribution in [3.8, 4) is 16.9 Å². The first-order valence-electron chi connectivity index (χ1n) is 15.3. The molecule has 2 aliphatic rings. The summed E-state index contributed by atoms with van der Waals surface area (Å²) >= 11 is 1.37. The van der Waals surface area contributed by atoms with E-state index in [1.54, 1.807) is 35.8 Å². The second kappa shape index (κ2) is 12.5. The maximum Gasteiger partial charge on any atom is 0.417 e. The summed E-state index contributed by atoms with van der Waals surface area (Å²) in [6.45, 7) is 7.31. The van der Waals surface area contributed by atoms with Crippen LogP contribution in [0.3, 0.4) is 0 Å². The molecule has 0 spiro atoms. The zero-order chi connectivity index (χ0) is 35.6. The summed E-state index contributed by atoms with van der Waals surface area (Å²) in [5, 5.41) is -0.0303. The number of nitrogens with one attached hydrogen (secondary N) is 1. The second-order valence-corrected chi connectivity index (χ2v) is 14.1. The van der Waals surface area contributed by atoms with Crippen LogP contribution in [-0.2, 0) is 11.0 Å². The summed E-state index contributed by atoms with van der Waals surface area (Å²) in [6, 6.07) is 2.93. The molecular weight excluding hydrogens is 704 g/mol. The third kappa shape index (κ3) is 5.61. The van der Waals surface area contributed by atoms with Gasteiger partial charge in [0.2, 0.25) is 5.91 Å². The summed E-state index contributed by atoms with van der Waals surface area (Å²) in [5.41, 5.74) is -3.67. The largest absolute Gasteiger partial charge is 0.491 e. The Hall–Kier alpha value is -4.77.